The maximum Gasteiger partial charge on any atom is 0.231 e. The molecule has 2 aliphatic rings. The highest BCUT2D eigenvalue weighted by Crippen LogP contribution is 2.35. The third-order valence-electron chi connectivity index (χ3n) is 5.01. The molecule has 3 heterocycles. The molecule has 25 heavy (non-hydrogen) atoms. The number of likely N-dealkylation sites (tertiary alicyclic amines) is 1. The van der Waals surface area contributed by atoms with Crippen LogP contribution in [0.5, 0.6) is 17.2 Å². The van der Waals surface area contributed by atoms with Crippen LogP contribution in [0.3, 0.4) is 0 Å². The summed E-state index contributed by atoms with van der Waals surface area (Å²) in [5, 5.41) is 4.31. The van der Waals surface area contributed by atoms with Crippen molar-refractivity contribution >= 4 is 0 Å². The van der Waals surface area contributed by atoms with Gasteiger partial charge in [-0.05, 0) is 44.0 Å². The molecule has 1 unspecified atom stereocenters. The first-order valence-corrected chi connectivity index (χ1v) is 9.02. The maximum absolute atomic E-state index is 5.86. The minimum absolute atomic E-state index is 0.297. The van der Waals surface area contributed by atoms with E-state index < -0.39 is 0 Å². The molecule has 6 nitrogen and oxygen atoms in total. The average molecular weight is 343 g/mol. The molecular weight excluding hydrogens is 318 g/mol. The van der Waals surface area contributed by atoms with Gasteiger partial charge in [0.2, 0.25) is 6.79 Å². The minimum Gasteiger partial charge on any atom is -0.493 e. The Labute approximate surface area is 148 Å². The van der Waals surface area contributed by atoms with Crippen LogP contribution in [-0.4, -0.2) is 47.7 Å². The topological polar surface area (TPSA) is 48.8 Å². The van der Waals surface area contributed by atoms with Gasteiger partial charge in [-0.3, -0.25) is 4.68 Å². The van der Waals surface area contributed by atoms with Gasteiger partial charge in [0.25, 0.3) is 0 Å². The highest BCUT2D eigenvalue weighted by molar-refractivity contribution is 5.46. The van der Waals surface area contributed by atoms with Crippen molar-refractivity contribution < 1.29 is 14.2 Å². The van der Waals surface area contributed by atoms with Crippen molar-refractivity contribution in [3.05, 3.63) is 36.2 Å². The fraction of sp³-hybridized carbons (Fsp3) is 0.526. The quantitative estimate of drug-likeness (QED) is 0.755. The lowest BCUT2D eigenvalue weighted by atomic mass is 9.94. The van der Waals surface area contributed by atoms with E-state index in [4.69, 9.17) is 14.2 Å². The van der Waals surface area contributed by atoms with E-state index in [1.165, 1.54) is 25.1 Å². The Hall–Kier alpha value is -2.21. The molecule has 134 valence electrons. The van der Waals surface area contributed by atoms with Crippen molar-refractivity contribution in [1.82, 2.24) is 14.7 Å². The third-order valence-corrected chi connectivity index (χ3v) is 5.01. The molecule has 0 N–H and O–H groups in total. The predicted molar refractivity (Wildman–Crippen MR) is 94.3 cm³/mol. The van der Waals surface area contributed by atoms with Crippen LogP contribution in [0.2, 0.25) is 0 Å². The number of fused-ring (bicyclic) bond motifs is 1. The van der Waals surface area contributed by atoms with Gasteiger partial charge < -0.3 is 19.1 Å². The molecule has 6 heteroatoms. The summed E-state index contributed by atoms with van der Waals surface area (Å²) in [6.07, 6.45) is 5.42. The number of aromatic nitrogens is 2. The summed E-state index contributed by atoms with van der Waals surface area (Å²) in [5.74, 6) is 3.00. The average Bonchev–Trinajstić information content (AvgIpc) is 3.27. The van der Waals surface area contributed by atoms with Gasteiger partial charge in [0.15, 0.2) is 11.5 Å². The minimum atomic E-state index is 0.297. The van der Waals surface area contributed by atoms with Gasteiger partial charge in [-0.15, -0.1) is 0 Å². The van der Waals surface area contributed by atoms with Crippen LogP contribution in [0.25, 0.3) is 0 Å². The highest BCUT2D eigenvalue weighted by atomic mass is 16.7. The fourth-order valence-electron chi connectivity index (χ4n) is 3.73. The number of nitrogens with zero attached hydrogens (tertiary/aromatic N) is 3. The molecule has 0 aliphatic carbocycles. The van der Waals surface area contributed by atoms with E-state index in [1.807, 2.05) is 36.1 Å². The van der Waals surface area contributed by atoms with Gasteiger partial charge in [-0.25, -0.2) is 0 Å². The van der Waals surface area contributed by atoms with Gasteiger partial charge in [0.05, 0.1) is 6.61 Å². The number of aryl methyl sites for hydroxylation is 1. The van der Waals surface area contributed by atoms with Crippen molar-refractivity contribution in [2.45, 2.75) is 25.2 Å². The standard InChI is InChI=1S/C19H25N3O3/c1-21-17(7-8-20-21)15-4-2-9-22(13-15)10-3-11-23-16-5-6-18-19(12-16)25-14-24-18/h5-8,12,15H,2-4,9-11,13-14H2,1H3. The van der Waals surface area contributed by atoms with Gasteiger partial charge in [0.1, 0.15) is 5.75 Å². The summed E-state index contributed by atoms with van der Waals surface area (Å²) < 4.78 is 18.6. The Kier molecular flexibility index (Phi) is 4.78. The fourth-order valence-corrected chi connectivity index (χ4v) is 3.73. The number of benzene rings is 1. The second kappa shape index (κ2) is 7.35. The molecule has 1 aromatic heterocycles. The summed E-state index contributed by atoms with van der Waals surface area (Å²) in [4.78, 5) is 2.55. The second-order valence-electron chi connectivity index (χ2n) is 6.74. The van der Waals surface area contributed by atoms with Crippen LogP contribution >= 0.6 is 0 Å². The number of piperidine rings is 1. The maximum atomic E-state index is 5.86. The summed E-state index contributed by atoms with van der Waals surface area (Å²) in [6, 6.07) is 7.90. The molecular formula is C19H25N3O3. The van der Waals surface area contributed by atoms with Crippen molar-refractivity contribution in [3.63, 3.8) is 0 Å². The Morgan fingerprint density at radius 3 is 3.04 bits per heavy atom. The summed E-state index contributed by atoms with van der Waals surface area (Å²) in [6.45, 7) is 4.37. The first-order valence-electron chi connectivity index (χ1n) is 9.02. The van der Waals surface area contributed by atoms with E-state index in [0.717, 1.165) is 36.8 Å². The van der Waals surface area contributed by atoms with Gasteiger partial charge >= 0.3 is 0 Å². The van der Waals surface area contributed by atoms with Crippen LogP contribution in [-0.2, 0) is 7.05 Å². The molecule has 1 aromatic carbocycles. The summed E-state index contributed by atoms with van der Waals surface area (Å²) in [7, 11) is 2.04. The van der Waals surface area contributed by atoms with E-state index in [0.29, 0.717) is 19.3 Å². The molecule has 4 rings (SSSR count). The zero-order valence-electron chi connectivity index (χ0n) is 14.7. The monoisotopic (exact) mass is 343 g/mol. The molecule has 0 radical (unpaired) electrons. The number of rotatable bonds is 6. The Morgan fingerprint density at radius 1 is 1.24 bits per heavy atom. The van der Waals surface area contributed by atoms with E-state index in [9.17, 15) is 0 Å². The molecule has 1 fully saturated rings. The number of ether oxygens (including phenoxy) is 3. The lowest BCUT2D eigenvalue weighted by Gasteiger charge is -2.32. The first kappa shape index (κ1) is 16.3. The van der Waals surface area contributed by atoms with Crippen LogP contribution < -0.4 is 14.2 Å². The van der Waals surface area contributed by atoms with E-state index in [1.54, 1.807) is 0 Å². The molecule has 1 atom stereocenters. The first-order chi connectivity index (χ1) is 12.3. The summed E-state index contributed by atoms with van der Waals surface area (Å²) in [5.41, 5.74) is 1.35. The third kappa shape index (κ3) is 3.74. The molecule has 0 saturated carbocycles. The van der Waals surface area contributed by atoms with Crippen LogP contribution in [0, 0.1) is 0 Å². The van der Waals surface area contributed by atoms with E-state index >= 15 is 0 Å². The Morgan fingerprint density at radius 2 is 2.16 bits per heavy atom. The molecule has 2 aromatic rings. The highest BCUT2D eigenvalue weighted by Gasteiger charge is 2.23. The molecule has 0 bridgehead atoms. The van der Waals surface area contributed by atoms with E-state index in [-0.39, 0.29) is 0 Å². The van der Waals surface area contributed by atoms with Crippen LogP contribution in [0.4, 0.5) is 0 Å². The van der Waals surface area contributed by atoms with Crippen LogP contribution in [0.1, 0.15) is 30.9 Å². The molecule has 2 aliphatic heterocycles. The predicted octanol–water partition coefficient (Wildman–Crippen LogP) is 2.80. The lowest BCUT2D eigenvalue weighted by Crippen LogP contribution is -2.36. The summed E-state index contributed by atoms with van der Waals surface area (Å²) >= 11 is 0. The number of hydrogen-bond donors (Lipinski definition) is 0. The SMILES string of the molecule is Cn1nccc1C1CCCN(CCCOc2ccc3c(c2)OCO3)C1. The number of hydrogen-bond acceptors (Lipinski definition) is 5. The van der Waals surface area contributed by atoms with Gasteiger partial charge in [0, 0.05) is 44.0 Å². The lowest BCUT2D eigenvalue weighted by molar-refractivity contribution is 0.173. The van der Waals surface area contributed by atoms with Crippen molar-refractivity contribution in [2.75, 3.05) is 33.0 Å². The largest absolute Gasteiger partial charge is 0.493 e. The molecule has 1 saturated heterocycles. The molecule has 0 amide bonds. The zero-order valence-corrected chi connectivity index (χ0v) is 14.7. The van der Waals surface area contributed by atoms with Crippen LogP contribution in [0.15, 0.2) is 30.5 Å². The van der Waals surface area contributed by atoms with Crippen molar-refractivity contribution in [2.24, 2.45) is 7.05 Å². The molecule has 0 spiro atoms. The van der Waals surface area contributed by atoms with Gasteiger partial charge in [-0.1, -0.05) is 0 Å². The Bertz CT molecular complexity index is 716. The van der Waals surface area contributed by atoms with Crippen molar-refractivity contribution in [1.29, 1.82) is 0 Å². The van der Waals surface area contributed by atoms with E-state index in [2.05, 4.69) is 16.1 Å². The Balaban J connectivity index is 1.23. The van der Waals surface area contributed by atoms with Gasteiger partial charge in [-0.2, -0.15) is 5.10 Å². The smallest absolute Gasteiger partial charge is 0.231 e. The normalized spacial score (nSPS) is 20.0. The van der Waals surface area contributed by atoms with Crippen molar-refractivity contribution in [3.8, 4) is 17.2 Å². The second-order valence-corrected chi connectivity index (χ2v) is 6.74. The zero-order chi connectivity index (χ0) is 17.1.